The fourth-order valence-corrected chi connectivity index (χ4v) is 2.84. The summed E-state index contributed by atoms with van der Waals surface area (Å²) < 4.78 is 1.96. The van der Waals surface area contributed by atoms with Gasteiger partial charge in [0.15, 0.2) is 0 Å². The molecule has 1 saturated heterocycles. The van der Waals surface area contributed by atoms with Crippen LogP contribution in [0.25, 0.3) is 5.69 Å². The number of likely N-dealkylation sites (tertiary alicyclic amines) is 1. The average molecular weight is 285 g/mol. The third-order valence-corrected chi connectivity index (χ3v) is 4.00. The van der Waals surface area contributed by atoms with Crippen LogP contribution in [0, 0.1) is 5.92 Å². The number of rotatable bonds is 4. The standard InChI is InChI=1S/C16H19N3O2/c20-16(21)14-2-1-8-18(11-14)10-13-3-5-15(6-4-13)19-9-7-17-12-19/h3-7,9,12,14H,1-2,8,10-11H2,(H,20,21)/t14-/m0/s1. The number of imidazole rings is 1. The molecule has 1 N–H and O–H groups in total. The molecule has 0 saturated carbocycles. The van der Waals surface area contributed by atoms with Crippen molar-refractivity contribution < 1.29 is 9.90 Å². The molecule has 1 aliphatic heterocycles. The molecule has 3 rings (SSSR count). The zero-order valence-electron chi connectivity index (χ0n) is 11.9. The number of carboxylic acids is 1. The molecule has 110 valence electrons. The maximum atomic E-state index is 11.1. The molecule has 1 fully saturated rings. The lowest BCUT2D eigenvalue weighted by Crippen LogP contribution is -2.38. The largest absolute Gasteiger partial charge is 0.481 e. The monoisotopic (exact) mass is 285 g/mol. The molecule has 0 radical (unpaired) electrons. The first-order valence-corrected chi connectivity index (χ1v) is 7.25. The van der Waals surface area contributed by atoms with Crippen LogP contribution in [0.3, 0.4) is 0 Å². The van der Waals surface area contributed by atoms with Crippen LogP contribution in [0.5, 0.6) is 0 Å². The van der Waals surface area contributed by atoms with Crippen LogP contribution in [-0.4, -0.2) is 38.6 Å². The van der Waals surface area contributed by atoms with Crippen molar-refractivity contribution in [3.05, 3.63) is 48.5 Å². The lowest BCUT2D eigenvalue weighted by Gasteiger charge is -2.30. The Hall–Kier alpha value is -2.14. The van der Waals surface area contributed by atoms with Crippen molar-refractivity contribution in [3.63, 3.8) is 0 Å². The second-order valence-electron chi connectivity index (χ2n) is 5.55. The van der Waals surface area contributed by atoms with E-state index in [2.05, 4.69) is 34.1 Å². The summed E-state index contributed by atoms with van der Waals surface area (Å²) in [5.41, 5.74) is 2.29. The summed E-state index contributed by atoms with van der Waals surface area (Å²) in [6.07, 6.45) is 7.21. The Morgan fingerprint density at radius 3 is 2.81 bits per heavy atom. The number of benzene rings is 1. The Balaban J connectivity index is 1.64. The van der Waals surface area contributed by atoms with E-state index in [-0.39, 0.29) is 5.92 Å². The second kappa shape index (κ2) is 6.10. The quantitative estimate of drug-likeness (QED) is 0.935. The predicted octanol–water partition coefficient (Wildman–Crippen LogP) is 2.17. The van der Waals surface area contributed by atoms with Gasteiger partial charge in [-0.1, -0.05) is 12.1 Å². The summed E-state index contributed by atoms with van der Waals surface area (Å²) in [6, 6.07) is 8.32. The predicted molar refractivity (Wildman–Crippen MR) is 79.2 cm³/mol. The van der Waals surface area contributed by atoms with E-state index in [1.54, 1.807) is 12.5 Å². The highest BCUT2D eigenvalue weighted by molar-refractivity contribution is 5.70. The summed E-state index contributed by atoms with van der Waals surface area (Å²) in [5, 5.41) is 9.13. The van der Waals surface area contributed by atoms with Gasteiger partial charge in [-0.05, 0) is 37.1 Å². The number of aromatic nitrogens is 2. The van der Waals surface area contributed by atoms with Crippen LogP contribution in [0.4, 0.5) is 0 Å². The van der Waals surface area contributed by atoms with E-state index >= 15 is 0 Å². The highest BCUT2D eigenvalue weighted by Crippen LogP contribution is 2.19. The SMILES string of the molecule is O=C(O)[C@H]1CCCN(Cc2ccc(-n3ccnc3)cc2)C1. The topological polar surface area (TPSA) is 58.4 Å². The first-order chi connectivity index (χ1) is 10.2. The van der Waals surface area contributed by atoms with Crippen molar-refractivity contribution in [3.8, 4) is 5.69 Å². The molecule has 1 aromatic heterocycles. The molecule has 5 heteroatoms. The normalized spacial score (nSPS) is 19.5. The number of nitrogens with zero attached hydrogens (tertiary/aromatic N) is 3. The molecule has 0 unspecified atom stereocenters. The van der Waals surface area contributed by atoms with Gasteiger partial charge in [-0.25, -0.2) is 4.98 Å². The van der Waals surface area contributed by atoms with Gasteiger partial charge in [0, 0.05) is 31.2 Å². The summed E-state index contributed by atoms with van der Waals surface area (Å²) in [7, 11) is 0. The molecule has 1 aromatic carbocycles. The molecule has 0 amide bonds. The zero-order chi connectivity index (χ0) is 14.7. The van der Waals surface area contributed by atoms with Crippen molar-refractivity contribution in [2.45, 2.75) is 19.4 Å². The van der Waals surface area contributed by atoms with Crippen LogP contribution in [-0.2, 0) is 11.3 Å². The molecule has 2 aromatic rings. The van der Waals surface area contributed by atoms with E-state index in [9.17, 15) is 4.79 Å². The van der Waals surface area contributed by atoms with Gasteiger partial charge in [-0.2, -0.15) is 0 Å². The summed E-state index contributed by atoms with van der Waals surface area (Å²) in [5.74, 6) is -0.890. The van der Waals surface area contributed by atoms with Crippen LogP contribution in [0.1, 0.15) is 18.4 Å². The number of carbonyl (C=O) groups is 1. The maximum absolute atomic E-state index is 11.1. The lowest BCUT2D eigenvalue weighted by atomic mass is 9.98. The molecule has 0 aliphatic carbocycles. The first kappa shape index (κ1) is 13.8. The Morgan fingerprint density at radius 1 is 1.33 bits per heavy atom. The molecule has 1 atom stereocenters. The van der Waals surface area contributed by atoms with Crippen LogP contribution in [0.15, 0.2) is 43.0 Å². The third-order valence-electron chi connectivity index (χ3n) is 4.00. The van der Waals surface area contributed by atoms with Crippen molar-refractivity contribution in [1.29, 1.82) is 0 Å². The number of hydrogen-bond acceptors (Lipinski definition) is 3. The highest BCUT2D eigenvalue weighted by atomic mass is 16.4. The van der Waals surface area contributed by atoms with E-state index in [1.807, 2.05) is 10.8 Å². The minimum atomic E-state index is -0.671. The molecule has 1 aliphatic rings. The number of aliphatic carboxylic acids is 1. The minimum Gasteiger partial charge on any atom is -0.481 e. The highest BCUT2D eigenvalue weighted by Gasteiger charge is 2.25. The van der Waals surface area contributed by atoms with Gasteiger partial charge < -0.3 is 9.67 Å². The van der Waals surface area contributed by atoms with Gasteiger partial charge in [0.2, 0.25) is 0 Å². The van der Waals surface area contributed by atoms with Gasteiger partial charge in [0.05, 0.1) is 12.2 Å². The second-order valence-corrected chi connectivity index (χ2v) is 5.55. The molecule has 2 heterocycles. The maximum Gasteiger partial charge on any atom is 0.307 e. The molecule has 5 nitrogen and oxygen atoms in total. The van der Waals surface area contributed by atoms with Gasteiger partial charge >= 0.3 is 5.97 Å². The van der Waals surface area contributed by atoms with E-state index in [4.69, 9.17) is 5.11 Å². The first-order valence-electron chi connectivity index (χ1n) is 7.25. The Morgan fingerprint density at radius 2 is 2.14 bits per heavy atom. The van der Waals surface area contributed by atoms with Crippen molar-refractivity contribution in [2.24, 2.45) is 5.92 Å². The fraction of sp³-hybridized carbons (Fsp3) is 0.375. The molecule has 21 heavy (non-hydrogen) atoms. The van der Waals surface area contributed by atoms with Crippen LogP contribution in [0.2, 0.25) is 0 Å². The molecular formula is C16H19N3O2. The Kier molecular flexibility index (Phi) is 4.01. The third kappa shape index (κ3) is 3.31. The van der Waals surface area contributed by atoms with Gasteiger partial charge in [-0.15, -0.1) is 0 Å². The number of carboxylic acid groups (broad SMARTS) is 1. The van der Waals surface area contributed by atoms with E-state index in [0.717, 1.165) is 31.6 Å². The van der Waals surface area contributed by atoms with Crippen molar-refractivity contribution in [1.82, 2.24) is 14.5 Å². The number of piperidine rings is 1. The average Bonchev–Trinajstić information content (AvgIpc) is 3.02. The Bertz CT molecular complexity index is 592. The zero-order valence-corrected chi connectivity index (χ0v) is 11.9. The summed E-state index contributed by atoms with van der Waals surface area (Å²) in [4.78, 5) is 17.4. The van der Waals surface area contributed by atoms with Crippen LogP contribution < -0.4 is 0 Å². The van der Waals surface area contributed by atoms with Gasteiger partial charge in [0.25, 0.3) is 0 Å². The van der Waals surface area contributed by atoms with Crippen molar-refractivity contribution in [2.75, 3.05) is 13.1 Å². The summed E-state index contributed by atoms with van der Waals surface area (Å²) in [6.45, 7) is 2.44. The molecular weight excluding hydrogens is 266 g/mol. The smallest absolute Gasteiger partial charge is 0.307 e. The van der Waals surface area contributed by atoms with Gasteiger partial charge in [-0.3, -0.25) is 9.69 Å². The summed E-state index contributed by atoms with van der Waals surface area (Å²) >= 11 is 0. The Labute approximate surface area is 123 Å². The van der Waals surface area contributed by atoms with Crippen molar-refractivity contribution >= 4 is 5.97 Å². The lowest BCUT2D eigenvalue weighted by molar-refractivity contribution is -0.143. The van der Waals surface area contributed by atoms with Gasteiger partial charge in [0.1, 0.15) is 0 Å². The number of hydrogen-bond donors (Lipinski definition) is 1. The van der Waals surface area contributed by atoms with E-state index < -0.39 is 5.97 Å². The molecule has 0 spiro atoms. The fourth-order valence-electron chi connectivity index (χ4n) is 2.84. The minimum absolute atomic E-state index is 0.219. The molecule has 0 bridgehead atoms. The van der Waals surface area contributed by atoms with E-state index in [1.165, 1.54) is 5.56 Å². The van der Waals surface area contributed by atoms with E-state index in [0.29, 0.717) is 6.54 Å². The van der Waals surface area contributed by atoms with Crippen LogP contribution >= 0.6 is 0 Å².